The van der Waals surface area contributed by atoms with Crippen LogP contribution in [0.4, 0.5) is 10.1 Å². The summed E-state index contributed by atoms with van der Waals surface area (Å²) in [6.07, 6.45) is 1.57. The van der Waals surface area contributed by atoms with E-state index in [4.69, 9.17) is 4.74 Å². The average molecular weight is 339 g/mol. The number of rotatable bonds is 4. The second-order valence-electron chi connectivity index (χ2n) is 3.93. The molecule has 0 fully saturated rings. The number of hydrogen-bond acceptors (Lipinski definition) is 4. The van der Waals surface area contributed by atoms with Crippen molar-refractivity contribution in [3.63, 3.8) is 0 Å². The molecule has 0 saturated carbocycles. The third-order valence-electron chi connectivity index (χ3n) is 2.52. The van der Waals surface area contributed by atoms with Crippen molar-refractivity contribution in [2.75, 3.05) is 12.5 Å². The molecule has 0 spiro atoms. The molecule has 0 heterocycles. The SMILES string of the molecule is COc1cc(C=NNc2ccc(F)cc2)cc(Br)c1O. The normalized spacial score (nSPS) is 10.8. The number of ether oxygens (including phenoxy) is 1. The number of nitrogens with one attached hydrogen (secondary N) is 1. The number of hydrazone groups is 1. The highest BCUT2D eigenvalue weighted by Gasteiger charge is 2.07. The lowest BCUT2D eigenvalue weighted by Crippen LogP contribution is -1.92. The van der Waals surface area contributed by atoms with Crippen molar-refractivity contribution >= 4 is 27.8 Å². The van der Waals surface area contributed by atoms with Gasteiger partial charge in [0.2, 0.25) is 0 Å². The Morgan fingerprint density at radius 3 is 2.65 bits per heavy atom. The van der Waals surface area contributed by atoms with Crippen LogP contribution < -0.4 is 10.2 Å². The van der Waals surface area contributed by atoms with Crippen LogP contribution in [-0.2, 0) is 0 Å². The number of aromatic hydroxyl groups is 1. The predicted molar refractivity (Wildman–Crippen MR) is 80.0 cm³/mol. The average Bonchev–Trinajstić information content (AvgIpc) is 2.44. The van der Waals surface area contributed by atoms with Gasteiger partial charge in [-0.25, -0.2) is 4.39 Å². The molecule has 0 saturated heterocycles. The molecule has 0 aliphatic rings. The Kier molecular flexibility index (Phi) is 4.57. The predicted octanol–water partition coefficient (Wildman–Crippen LogP) is 3.75. The number of hydrogen-bond donors (Lipinski definition) is 2. The molecule has 2 rings (SSSR count). The largest absolute Gasteiger partial charge is 0.503 e. The molecule has 0 atom stereocenters. The minimum absolute atomic E-state index is 0.0381. The lowest BCUT2D eigenvalue weighted by atomic mass is 10.2. The third kappa shape index (κ3) is 3.48. The molecule has 0 unspecified atom stereocenters. The van der Waals surface area contributed by atoms with Crippen molar-refractivity contribution in [2.45, 2.75) is 0 Å². The molecule has 2 aromatic rings. The summed E-state index contributed by atoms with van der Waals surface area (Å²) in [7, 11) is 1.47. The summed E-state index contributed by atoms with van der Waals surface area (Å²) in [5.74, 6) is 0.0884. The van der Waals surface area contributed by atoms with Gasteiger partial charge in [0, 0.05) is 0 Å². The van der Waals surface area contributed by atoms with Gasteiger partial charge in [0.05, 0.1) is 23.5 Å². The van der Waals surface area contributed by atoms with Crippen LogP contribution >= 0.6 is 15.9 Å². The molecule has 0 bridgehead atoms. The van der Waals surface area contributed by atoms with E-state index in [9.17, 15) is 9.50 Å². The Hall–Kier alpha value is -2.08. The molecule has 104 valence electrons. The molecule has 0 aliphatic carbocycles. The van der Waals surface area contributed by atoms with Gasteiger partial charge in [0.15, 0.2) is 11.5 Å². The summed E-state index contributed by atoms with van der Waals surface area (Å²) < 4.78 is 18.3. The molecular weight excluding hydrogens is 327 g/mol. The smallest absolute Gasteiger partial charge is 0.172 e. The van der Waals surface area contributed by atoms with E-state index in [0.29, 0.717) is 15.9 Å². The first-order chi connectivity index (χ1) is 9.60. The number of phenols is 1. The molecular formula is C14H12BrFN2O2. The Bertz CT molecular complexity index is 630. The molecule has 20 heavy (non-hydrogen) atoms. The van der Waals surface area contributed by atoms with Crippen molar-refractivity contribution in [1.29, 1.82) is 0 Å². The van der Waals surface area contributed by atoms with Gasteiger partial charge in [0.1, 0.15) is 5.82 Å². The first kappa shape index (κ1) is 14.3. The number of halogens is 2. The molecule has 0 aliphatic heterocycles. The van der Waals surface area contributed by atoms with Gasteiger partial charge in [0.25, 0.3) is 0 Å². The summed E-state index contributed by atoms with van der Waals surface area (Å²) in [6.45, 7) is 0. The molecule has 4 nitrogen and oxygen atoms in total. The summed E-state index contributed by atoms with van der Waals surface area (Å²) in [5, 5.41) is 13.7. The fraction of sp³-hybridized carbons (Fsp3) is 0.0714. The standard InChI is InChI=1S/C14H12BrFN2O2/c1-20-13-7-9(6-12(15)14(13)19)8-17-18-11-4-2-10(16)3-5-11/h2-8,18-19H,1H3. The van der Waals surface area contributed by atoms with Crippen molar-refractivity contribution in [2.24, 2.45) is 5.10 Å². The highest BCUT2D eigenvalue weighted by atomic mass is 79.9. The van der Waals surface area contributed by atoms with E-state index >= 15 is 0 Å². The maximum atomic E-state index is 12.7. The van der Waals surface area contributed by atoms with Crippen LogP contribution in [0.1, 0.15) is 5.56 Å². The molecule has 2 N–H and O–H groups in total. The van der Waals surface area contributed by atoms with Crippen molar-refractivity contribution < 1.29 is 14.2 Å². The monoisotopic (exact) mass is 338 g/mol. The summed E-state index contributed by atoms with van der Waals surface area (Å²) >= 11 is 3.23. The van der Waals surface area contributed by atoms with Crippen LogP contribution in [0.3, 0.4) is 0 Å². The number of methoxy groups -OCH3 is 1. The van der Waals surface area contributed by atoms with E-state index in [1.807, 2.05) is 0 Å². The van der Waals surface area contributed by atoms with E-state index in [-0.39, 0.29) is 11.6 Å². The van der Waals surface area contributed by atoms with E-state index in [1.165, 1.54) is 19.2 Å². The summed E-state index contributed by atoms with van der Waals surface area (Å²) in [6, 6.07) is 9.21. The lowest BCUT2D eigenvalue weighted by Gasteiger charge is -2.06. The van der Waals surface area contributed by atoms with Gasteiger partial charge < -0.3 is 9.84 Å². The Balaban J connectivity index is 2.11. The minimum atomic E-state index is -0.299. The zero-order valence-electron chi connectivity index (χ0n) is 10.6. The first-order valence-corrected chi connectivity index (χ1v) is 6.50. The zero-order chi connectivity index (χ0) is 14.5. The Morgan fingerprint density at radius 2 is 2.00 bits per heavy atom. The molecule has 0 amide bonds. The Labute approximate surface area is 124 Å². The van der Waals surface area contributed by atoms with Crippen LogP contribution in [-0.4, -0.2) is 18.4 Å². The van der Waals surface area contributed by atoms with Gasteiger partial charge >= 0.3 is 0 Å². The van der Waals surface area contributed by atoms with Gasteiger partial charge in [-0.3, -0.25) is 5.43 Å². The van der Waals surface area contributed by atoms with E-state index < -0.39 is 0 Å². The van der Waals surface area contributed by atoms with Crippen LogP contribution in [0.2, 0.25) is 0 Å². The van der Waals surface area contributed by atoms with E-state index in [0.717, 1.165) is 5.56 Å². The number of anilines is 1. The van der Waals surface area contributed by atoms with Crippen LogP contribution in [0.5, 0.6) is 11.5 Å². The van der Waals surface area contributed by atoms with E-state index in [1.54, 1.807) is 30.5 Å². The highest BCUT2D eigenvalue weighted by molar-refractivity contribution is 9.10. The summed E-state index contributed by atoms with van der Waals surface area (Å²) in [4.78, 5) is 0. The number of benzene rings is 2. The molecule has 0 aromatic heterocycles. The second-order valence-corrected chi connectivity index (χ2v) is 4.78. The van der Waals surface area contributed by atoms with Crippen molar-refractivity contribution in [3.05, 3.63) is 52.3 Å². The van der Waals surface area contributed by atoms with Crippen LogP contribution in [0.25, 0.3) is 0 Å². The van der Waals surface area contributed by atoms with Gasteiger partial charge in [-0.1, -0.05) is 0 Å². The van der Waals surface area contributed by atoms with Crippen molar-refractivity contribution in [3.8, 4) is 11.5 Å². The minimum Gasteiger partial charge on any atom is -0.503 e. The molecule has 6 heteroatoms. The Morgan fingerprint density at radius 1 is 1.30 bits per heavy atom. The van der Waals surface area contributed by atoms with Gasteiger partial charge in [-0.2, -0.15) is 5.10 Å². The lowest BCUT2D eigenvalue weighted by molar-refractivity contribution is 0.372. The molecule has 0 radical (unpaired) electrons. The fourth-order valence-electron chi connectivity index (χ4n) is 1.53. The van der Waals surface area contributed by atoms with Crippen molar-refractivity contribution in [1.82, 2.24) is 0 Å². The van der Waals surface area contributed by atoms with E-state index in [2.05, 4.69) is 26.5 Å². The second kappa shape index (κ2) is 6.38. The first-order valence-electron chi connectivity index (χ1n) is 5.71. The van der Waals surface area contributed by atoms with Crippen LogP contribution in [0.15, 0.2) is 46.0 Å². The quantitative estimate of drug-likeness (QED) is 0.659. The number of phenolic OH excluding ortho intramolecular Hbond substituents is 1. The third-order valence-corrected chi connectivity index (χ3v) is 3.13. The zero-order valence-corrected chi connectivity index (χ0v) is 12.2. The molecule has 2 aromatic carbocycles. The van der Waals surface area contributed by atoms with Gasteiger partial charge in [-0.05, 0) is 57.9 Å². The number of nitrogens with zero attached hydrogens (tertiary/aromatic N) is 1. The maximum absolute atomic E-state index is 12.7. The van der Waals surface area contributed by atoms with Gasteiger partial charge in [-0.15, -0.1) is 0 Å². The topological polar surface area (TPSA) is 53.8 Å². The maximum Gasteiger partial charge on any atom is 0.172 e. The summed E-state index contributed by atoms with van der Waals surface area (Å²) in [5.41, 5.74) is 4.19. The van der Waals surface area contributed by atoms with Crippen LogP contribution in [0, 0.1) is 5.82 Å². The fourth-order valence-corrected chi connectivity index (χ4v) is 1.99. The highest BCUT2D eigenvalue weighted by Crippen LogP contribution is 2.34.